The van der Waals surface area contributed by atoms with Crippen LogP contribution in [0.5, 0.6) is 11.5 Å². The molecule has 2 aromatic carbocycles. The van der Waals surface area contributed by atoms with E-state index in [2.05, 4.69) is 28.0 Å². The molecule has 1 amide bonds. The molecular weight excluding hydrogens is 366 g/mol. The largest absolute Gasteiger partial charge is 0.493 e. The second-order valence-electron chi connectivity index (χ2n) is 6.42. The molecule has 3 aromatic rings. The van der Waals surface area contributed by atoms with Crippen LogP contribution in [-0.2, 0) is 24.3 Å². The van der Waals surface area contributed by atoms with Gasteiger partial charge in [0.15, 0.2) is 11.5 Å². The van der Waals surface area contributed by atoms with Crippen LogP contribution >= 0.6 is 0 Å². The maximum Gasteiger partial charge on any atom is 0.243 e. The lowest BCUT2D eigenvalue weighted by molar-refractivity contribution is -0.116. The van der Waals surface area contributed by atoms with Crippen LogP contribution in [0.25, 0.3) is 11.0 Å². The van der Waals surface area contributed by atoms with Gasteiger partial charge in [-0.15, -0.1) is 6.58 Å². The molecule has 0 saturated carbocycles. The number of imidazole rings is 1. The fraction of sp³-hybridized carbons (Fsp3) is 0.217. The monoisotopic (exact) mass is 391 g/mol. The SMILES string of the molecule is C=CCc1ccc(OCCn2c(CNC(=O)C=C)nc3ccccc32)c(OC)c1. The van der Waals surface area contributed by atoms with Crippen LogP contribution in [0.3, 0.4) is 0 Å². The number of ether oxygens (including phenoxy) is 2. The lowest BCUT2D eigenvalue weighted by Gasteiger charge is -2.14. The highest BCUT2D eigenvalue weighted by atomic mass is 16.5. The number of carbonyl (C=O) groups is 1. The number of rotatable bonds is 10. The molecule has 0 spiro atoms. The van der Waals surface area contributed by atoms with Crippen LogP contribution in [-0.4, -0.2) is 29.2 Å². The van der Waals surface area contributed by atoms with E-state index >= 15 is 0 Å². The first-order valence-corrected chi connectivity index (χ1v) is 9.41. The number of benzene rings is 2. The minimum atomic E-state index is -0.232. The van der Waals surface area contributed by atoms with Crippen molar-refractivity contribution in [1.82, 2.24) is 14.9 Å². The van der Waals surface area contributed by atoms with E-state index in [-0.39, 0.29) is 5.91 Å². The smallest absolute Gasteiger partial charge is 0.243 e. The van der Waals surface area contributed by atoms with Crippen LogP contribution in [0.4, 0.5) is 0 Å². The van der Waals surface area contributed by atoms with Crippen molar-refractivity contribution in [1.29, 1.82) is 0 Å². The number of hydrogen-bond donors (Lipinski definition) is 1. The first kappa shape index (κ1) is 20.2. The van der Waals surface area contributed by atoms with Gasteiger partial charge in [0.2, 0.25) is 5.91 Å². The molecule has 0 aliphatic carbocycles. The van der Waals surface area contributed by atoms with Crippen molar-refractivity contribution in [3.8, 4) is 11.5 Å². The van der Waals surface area contributed by atoms with Gasteiger partial charge in [0.1, 0.15) is 12.4 Å². The molecule has 1 aromatic heterocycles. The highest BCUT2D eigenvalue weighted by molar-refractivity contribution is 5.86. The normalized spacial score (nSPS) is 10.5. The van der Waals surface area contributed by atoms with Crippen LogP contribution < -0.4 is 14.8 Å². The highest BCUT2D eigenvalue weighted by Gasteiger charge is 2.12. The molecule has 0 fully saturated rings. The van der Waals surface area contributed by atoms with E-state index in [4.69, 9.17) is 9.47 Å². The Labute approximate surface area is 170 Å². The van der Waals surface area contributed by atoms with E-state index in [1.165, 1.54) is 6.08 Å². The van der Waals surface area contributed by atoms with Gasteiger partial charge < -0.3 is 19.4 Å². The number of methoxy groups -OCH3 is 1. The molecule has 0 atom stereocenters. The number of para-hydroxylation sites is 2. The van der Waals surface area contributed by atoms with Crippen molar-refractivity contribution in [2.24, 2.45) is 0 Å². The molecule has 29 heavy (non-hydrogen) atoms. The van der Waals surface area contributed by atoms with Gasteiger partial charge in [-0.2, -0.15) is 0 Å². The van der Waals surface area contributed by atoms with Gasteiger partial charge in [-0.05, 0) is 42.3 Å². The summed E-state index contributed by atoms with van der Waals surface area (Å²) in [5.74, 6) is 1.91. The Morgan fingerprint density at radius 1 is 1.21 bits per heavy atom. The minimum absolute atomic E-state index is 0.232. The minimum Gasteiger partial charge on any atom is -0.493 e. The van der Waals surface area contributed by atoms with Crippen LogP contribution in [0.1, 0.15) is 11.4 Å². The fourth-order valence-electron chi connectivity index (χ4n) is 3.12. The number of aromatic nitrogens is 2. The molecule has 0 aliphatic heterocycles. The first-order valence-electron chi connectivity index (χ1n) is 9.41. The van der Waals surface area contributed by atoms with E-state index in [9.17, 15) is 4.79 Å². The Morgan fingerprint density at radius 3 is 2.79 bits per heavy atom. The molecule has 3 rings (SSSR count). The number of carbonyl (C=O) groups excluding carboxylic acids is 1. The third-order valence-corrected chi connectivity index (χ3v) is 4.52. The summed E-state index contributed by atoms with van der Waals surface area (Å²) >= 11 is 0. The van der Waals surface area contributed by atoms with E-state index in [0.29, 0.717) is 31.2 Å². The summed E-state index contributed by atoms with van der Waals surface area (Å²) in [4.78, 5) is 16.2. The fourth-order valence-corrected chi connectivity index (χ4v) is 3.12. The van der Waals surface area contributed by atoms with Crippen molar-refractivity contribution in [2.45, 2.75) is 19.5 Å². The Kier molecular flexibility index (Phi) is 6.68. The van der Waals surface area contributed by atoms with Gasteiger partial charge in [0, 0.05) is 0 Å². The van der Waals surface area contributed by atoms with Gasteiger partial charge in [0.05, 0.1) is 31.2 Å². The van der Waals surface area contributed by atoms with Crippen LogP contribution in [0.2, 0.25) is 0 Å². The molecule has 6 heteroatoms. The topological polar surface area (TPSA) is 65.4 Å². The quantitative estimate of drug-likeness (QED) is 0.423. The summed E-state index contributed by atoms with van der Waals surface area (Å²) in [6, 6.07) is 13.7. The zero-order valence-corrected chi connectivity index (χ0v) is 16.6. The number of amides is 1. The summed E-state index contributed by atoms with van der Waals surface area (Å²) in [7, 11) is 1.63. The second kappa shape index (κ2) is 9.59. The van der Waals surface area contributed by atoms with E-state index in [0.717, 1.165) is 28.8 Å². The van der Waals surface area contributed by atoms with Crippen molar-refractivity contribution in [3.63, 3.8) is 0 Å². The lowest BCUT2D eigenvalue weighted by Crippen LogP contribution is -2.23. The zero-order chi connectivity index (χ0) is 20.6. The average molecular weight is 391 g/mol. The molecule has 6 nitrogen and oxygen atoms in total. The van der Waals surface area contributed by atoms with Crippen LogP contribution in [0, 0.1) is 0 Å². The van der Waals surface area contributed by atoms with Gasteiger partial charge >= 0.3 is 0 Å². The summed E-state index contributed by atoms with van der Waals surface area (Å²) in [6.45, 7) is 8.57. The number of nitrogens with one attached hydrogen (secondary N) is 1. The molecule has 1 N–H and O–H groups in total. The molecule has 150 valence electrons. The molecule has 0 aliphatic rings. The first-order chi connectivity index (χ1) is 14.2. The summed E-state index contributed by atoms with van der Waals surface area (Å²) in [5, 5.41) is 2.79. The maximum atomic E-state index is 11.5. The Morgan fingerprint density at radius 2 is 2.03 bits per heavy atom. The van der Waals surface area contributed by atoms with Gasteiger partial charge in [-0.1, -0.05) is 30.9 Å². The standard InChI is InChI=1S/C23H25N3O3/c1-4-8-17-11-12-20(21(15-17)28-3)29-14-13-26-19-10-7-6-9-18(19)25-22(26)16-24-23(27)5-2/h4-7,9-12,15H,1-2,8,13-14,16H2,3H3,(H,24,27). The Balaban J connectivity index is 1.75. The highest BCUT2D eigenvalue weighted by Crippen LogP contribution is 2.28. The summed E-state index contributed by atoms with van der Waals surface area (Å²) in [5.41, 5.74) is 2.99. The zero-order valence-electron chi connectivity index (χ0n) is 16.6. The molecule has 0 unspecified atom stereocenters. The molecular formula is C23H25N3O3. The van der Waals surface area contributed by atoms with E-state index < -0.39 is 0 Å². The third kappa shape index (κ3) is 4.85. The molecule has 0 bridgehead atoms. The third-order valence-electron chi connectivity index (χ3n) is 4.52. The summed E-state index contributed by atoms with van der Waals surface area (Å²) in [6.07, 6.45) is 3.88. The number of hydrogen-bond acceptors (Lipinski definition) is 4. The Hall–Kier alpha value is -3.54. The predicted octanol–water partition coefficient (Wildman–Crippen LogP) is 3.65. The lowest BCUT2D eigenvalue weighted by atomic mass is 10.1. The predicted molar refractivity (Wildman–Crippen MR) is 114 cm³/mol. The number of nitrogens with zero attached hydrogens (tertiary/aromatic N) is 2. The van der Waals surface area contributed by atoms with Gasteiger partial charge in [-0.25, -0.2) is 4.98 Å². The van der Waals surface area contributed by atoms with E-state index in [1.54, 1.807) is 7.11 Å². The van der Waals surface area contributed by atoms with Crippen molar-refractivity contribution in [2.75, 3.05) is 13.7 Å². The van der Waals surface area contributed by atoms with Gasteiger partial charge in [-0.3, -0.25) is 4.79 Å². The average Bonchev–Trinajstić information content (AvgIpc) is 3.10. The second-order valence-corrected chi connectivity index (χ2v) is 6.42. The molecule has 0 radical (unpaired) electrons. The summed E-state index contributed by atoms with van der Waals surface area (Å²) < 4.78 is 13.5. The molecule has 1 heterocycles. The van der Waals surface area contributed by atoms with E-state index in [1.807, 2.05) is 48.5 Å². The van der Waals surface area contributed by atoms with Gasteiger partial charge in [0.25, 0.3) is 0 Å². The number of allylic oxidation sites excluding steroid dienone is 1. The molecule has 0 saturated heterocycles. The Bertz CT molecular complexity index is 1020. The number of fused-ring (bicyclic) bond motifs is 1. The van der Waals surface area contributed by atoms with Crippen molar-refractivity contribution in [3.05, 3.63) is 79.2 Å². The van der Waals surface area contributed by atoms with Crippen molar-refractivity contribution >= 4 is 16.9 Å². The maximum absolute atomic E-state index is 11.5. The van der Waals surface area contributed by atoms with Crippen molar-refractivity contribution < 1.29 is 14.3 Å². The van der Waals surface area contributed by atoms with Crippen LogP contribution in [0.15, 0.2) is 67.8 Å².